The van der Waals surface area contributed by atoms with Crippen LogP contribution in [0.4, 0.5) is 0 Å². The highest BCUT2D eigenvalue weighted by atomic mass is 16.5. The molecule has 2 aliphatic heterocycles. The van der Waals surface area contributed by atoms with E-state index in [1.54, 1.807) is 11.9 Å². The molecule has 2 amide bonds. The van der Waals surface area contributed by atoms with Gasteiger partial charge >= 0.3 is 0 Å². The Morgan fingerprint density at radius 3 is 2.75 bits per heavy atom. The van der Waals surface area contributed by atoms with Crippen molar-refractivity contribution in [1.29, 1.82) is 0 Å². The molecule has 2 bridgehead atoms. The van der Waals surface area contributed by atoms with Crippen LogP contribution in [0.1, 0.15) is 48.0 Å². The first-order chi connectivity index (χ1) is 15.5. The molecule has 0 saturated carbocycles. The number of amides is 2. The van der Waals surface area contributed by atoms with Crippen LogP contribution >= 0.6 is 0 Å². The van der Waals surface area contributed by atoms with Crippen LogP contribution in [0.2, 0.25) is 0 Å². The number of rotatable bonds is 1. The Bertz CT molecular complexity index is 1030. The molecule has 32 heavy (non-hydrogen) atoms. The van der Waals surface area contributed by atoms with E-state index in [0.717, 1.165) is 44.4 Å². The number of hydrogen-bond donors (Lipinski definition) is 0. The molecular weight excluding hydrogens is 406 g/mol. The number of aryl methyl sites for hydroxylation is 2. The molecule has 2 aromatic rings. The summed E-state index contributed by atoms with van der Waals surface area (Å²) in [7, 11) is 1.62. The number of piperidine rings is 1. The van der Waals surface area contributed by atoms with Crippen LogP contribution in [0.25, 0.3) is 0 Å². The Hall–Kier alpha value is -3.09. The minimum Gasteiger partial charge on any atom is -0.494 e. The summed E-state index contributed by atoms with van der Waals surface area (Å²) < 4.78 is 7.30. The first-order valence-corrected chi connectivity index (χ1v) is 11.5. The summed E-state index contributed by atoms with van der Waals surface area (Å²) >= 11 is 0. The second-order valence-corrected chi connectivity index (χ2v) is 8.72. The fourth-order valence-corrected chi connectivity index (χ4v) is 4.61. The fourth-order valence-electron chi connectivity index (χ4n) is 4.61. The minimum absolute atomic E-state index is 0.000372. The van der Waals surface area contributed by atoms with Gasteiger partial charge in [-0.3, -0.25) is 14.4 Å². The topological polar surface area (TPSA) is 71.8 Å². The molecule has 170 valence electrons. The maximum absolute atomic E-state index is 13.3. The Morgan fingerprint density at radius 1 is 1.03 bits per heavy atom. The van der Waals surface area contributed by atoms with E-state index in [1.165, 1.54) is 28.5 Å². The number of carbonyl (C=O) groups excluding carboxylic acids is 2. The fraction of sp³-hybridized carbons (Fsp3) is 0.480. The third-order valence-electron chi connectivity index (χ3n) is 6.40. The first kappa shape index (κ1) is 22.1. The average Bonchev–Trinajstić information content (AvgIpc) is 2.81. The molecule has 1 aromatic carbocycles. The zero-order valence-corrected chi connectivity index (χ0v) is 18.7. The van der Waals surface area contributed by atoms with Gasteiger partial charge in [-0.25, -0.2) is 0 Å². The summed E-state index contributed by atoms with van der Waals surface area (Å²) in [5, 5.41) is 0. The number of carbonyl (C=O) groups is 2. The number of pyridine rings is 1. The standard InChI is InChI=1S/C25H31N3O4/c1-26-17-20(10-12-23(26)29)25(31)27-13-5-15-32-22-8-4-6-19(16-22)9-11-21-7-2-3-14-28(21)24(30)18-27/h4,6,8,10,12,16-17,21H,2-3,5,7,9,11,13-15,18H2,1H3. The molecule has 0 radical (unpaired) electrons. The lowest BCUT2D eigenvalue weighted by molar-refractivity contribution is -0.135. The third kappa shape index (κ3) is 5.21. The van der Waals surface area contributed by atoms with Gasteiger partial charge in [-0.2, -0.15) is 0 Å². The van der Waals surface area contributed by atoms with E-state index >= 15 is 0 Å². The van der Waals surface area contributed by atoms with Gasteiger partial charge in [0.25, 0.3) is 5.91 Å². The summed E-state index contributed by atoms with van der Waals surface area (Å²) in [5.74, 6) is 0.600. The smallest absolute Gasteiger partial charge is 0.255 e. The monoisotopic (exact) mass is 437 g/mol. The number of ether oxygens (including phenoxy) is 1. The molecular formula is C25H31N3O4. The van der Waals surface area contributed by atoms with E-state index in [-0.39, 0.29) is 30.0 Å². The van der Waals surface area contributed by atoms with Crippen molar-refractivity contribution in [2.75, 3.05) is 26.2 Å². The molecule has 0 aliphatic carbocycles. The Morgan fingerprint density at radius 2 is 1.91 bits per heavy atom. The molecule has 0 N–H and O–H groups in total. The van der Waals surface area contributed by atoms with Crippen LogP contribution in [0.3, 0.4) is 0 Å². The highest BCUT2D eigenvalue weighted by Gasteiger charge is 2.29. The van der Waals surface area contributed by atoms with E-state index in [0.29, 0.717) is 25.1 Å². The Balaban J connectivity index is 1.58. The van der Waals surface area contributed by atoms with Crippen molar-refractivity contribution in [3.63, 3.8) is 0 Å². The molecule has 3 heterocycles. The van der Waals surface area contributed by atoms with Crippen LogP contribution in [0.15, 0.2) is 47.4 Å². The van der Waals surface area contributed by atoms with Crippen molar-refractivity contribution in [3.05, 3.63) is 64.1 Å². The molecule has 1 aromatic heterocycles. The van der Waals surface area contributed by atoms with Gasteiger partial charge in [-0.05, 0) is 62.3 Å². The maximum atomic E-state index is 13.3. The maximum Gasteiger partial charge on any atom is 0.255 e. The molecule has 2 aliphatic rings. The van der Waals surface area contributed by atoms with Gasteiger partial charge in [0.2, 0.25) is 11.5 Å². The molecule has 7 heteroatoms. The van der Waals surface area contributed by atoms with Gasteiger partial charge in [0.1, 0.15) is 12.3 Å². The summed E-state index contributed by atoms with van der Waals surface area (Å²) in [6.45, 7) is 1.66. The molecule has 7 nitrogen and oxygen atoms in total. The van der Waals surface area contributed by atoms with Crippen LogP contribution in [-0.4, -0.2) is 58.5 Å². The van der Waals surface area contributed by atoms with Crippen LogP contribution in [0.5, 0.6) is 5.75 Å². The normalized spacial score (nSPS) is 20.2. The SMILES string of the molecule is Cn1cc(C(=O)N2CCCOc3cccc(c3)CCC3CCCCN3C(=O)C2)ccc1=O. The second kappa shape index (κ2) is 10.0. The van der Waals surface area contributed by atoms with Crippen LogP contribution in [-0.2, 0) is 18.3 Å². The number of benzene rings is 1. The zero-order chi connectivity index (χ0) is 22.5. The number of aromatic nitrogens is 1. The highest BCUT2D eigenvalue weighted by molar-refractivity contribution is 5.96. The summed E-state index contributed by atoms with van der Waals surface area (Å²) in [6.07, 6.45) is 7.07. The second-order valence-electron chi connectivity index (χ2n) is 8.72. The van der Waals surface area contributed by atoms with E-state index in [9.17, 15) is 14.4 Å². The molecule has 0 spiro atoms. The molecule has 1 saturated heterocycles. The van der Waals surface area contributed by atoms with Crippen LogP contribution in [0, 0.1) is 0 Å². The molecule has 4 rings (SSSR count). The van der Waals surface area contributed by atoms with Crippen molar-refractivity contribution in [2.24, 2.45) is 7.05 Å². The largest absolute Gasteiger partial charge is 0.494 e. The minimum atomic E-state index is -0.239. The third-order valence-corrected chi connectivity index (χ3v) is 6.40. The van der Waals surface area contributed by atoms with Gasteiger partial charge in [0.15, 0.2) is 0 Å². The van der Waals surface area contributed by atoms with E-state index in [4.69, 9.17) is 4.74 Å². The van der Waals surface area contributed by atoms with Crippen LogP contribution < -0.4 is 10.3 Å². The van der Waals surface area contributed by atoms with Crippen molar-refractivity contribution < 1.29 is 14.3 Å². The van der Waals surface area contributed by atoms with Gasteiger partial charge in [0, 0.05) is 38.4 Å². The lowest BCUT2D eigenvalue weighted by atomic mass is 9.95. The summed E-state index contributed by atoms with van der Waals surface area (Å²) in [4.78, 5) is 41.9. The number of hydrogen-bond acceptors (Lipinski definition) is 4. The summed E-state index contributed by atoms with van der Waals surface area (Å²) in [5.41, 5.74) is 1.46. The zero-order valence-electron chi connectivity index (χ0n) is 18.7. The predicted octanol–water partition coefficient (Wildman–Crippen LogP) is 2.62. The highest BCUT2D eigenvalue weighted by Crippen LogP contribution is 2.24. The van der Waals surface area contributed by atoms with Gasteiger partial charge in [-0.15, -0.1) is 0 Å². The van der Waals surface area contributed by atoms with E-state index in [2.05, 4.69) is 12.1 Å². The predicted molar refractivity (Wildman–Crippen MR) is 122 cm³/mol. The molecule has 1 unspecified atom stereocenters. The van der Waals surface area contributed by atoms with E-state index < -0.39 is 0 Å². The lowest BCUT2D eigenvalue weighted by Gasteiger charge is -2.37. The van der Waals surface area contributed by atoms with Gasteiger partial charge in [0.05, 0.1) is 12.2 Å². The Kier molecular flexibility index (Phi) is 6.93. The quantitative estimate of drug-likeness (QED) is 0.688. The van der Waals surface area contributed by atoms with Crippen molar-refractivity contribution in [1.82, 2.24) is 14.4 Å². The summed E-state index contributed by atoms with van der Waals surface area (Å²) in [6, 6.07) is 11.3. The number of fused-ring (bicyclic) bond motifs is 3. The van der Waals surface area contributed by atoms with Crippen molar-refractivity contribution in [3.8, 4) is 5.75 Å². The van der Waals surface area contributed by atoms with Gasteiger partial charge in [-0.1, -0.05) is 12.1 Å². The number of nitrogens with zero attached hydrogens (tertiary/aromatic N) is 3. The van der Waals surface area contributed by atoms with E-state index in [1.807, 2.05) is 17.0 Å². The van der Waals surface area contributed by atoms with Crippen molar-refractivity contribution >= 4 is 11.8 Å². The first-order valence-electron chi connectivity index (χ1n) is 11.5. The van der Waals surface area contributed by atoms with Gasteiger partial charge < -0.3 is 19.1 Å². The lowest BCUT2D eigenvalue weighted by Crippen LogP contribution is -2.49. The average molecular weight is 438 g/mol. The van der Waals surface area contributed by atoms with Crippen molar-refractivity contribution in [2.45, 2.75) is 44.6 Å². The molecule has 1 fully saturated rings. The Labute approximate surface area is 188 Å². The molecule has 1 atom stereocenters.